The fourth-order valence-electron chi connectivity index (χ4n) is 2.12. The van der Waals surface area contributed by atoms with E-state index in [1.807, 2.05) is 30.3 Å². The summed E-state index contributed by atoms with van der Waals surface area (Å²) in [6, 6.07) is 13.8. The molecule has 0 aliphatic carbocycles. The van der Waals surface area contributed by atoms with Crippen molar-refractivity contribution in [2.45, 2.75) is 26.5 Å². The zero-order valence-electron chi connectivity index (χ0n) is 13.0. The molecule has 2 aromatic carbocycles. The first-order valence-electron chi connectivity index (χ1n) is 7.19. The Morgan fingerprint density at radius 1 is 1.26 bits per heavy atom. The maximum Gasteiger partial charge on any atom is 0.407 e. The van der Waals surface area contributed by atoms with Crippen molar-refractivity contribution in [2.24, 2.45) is 0 Å². The van der Waals surface area contributed by atoms with Gasteiger partial charge in [-0.15, -0.1) is 0 Å². The summed E-state index contributed by atoms with van der Waals surface area (Å²) < 4.78 is 5.14. The number of aryl methyl sites for hydroxylation is 1. The smallest absolute Gasteiger partial charge is 0.407 e. The van der Waals surface area contributed by atoms with Gasteiger partial charge in [-0.05, 0) is 25.0 Å². The first kappa shape index (κ1) is 16.5. The number of carbonyl (C=O) groups is 1. The molecule has 0 spiro atoms. The number of nitrogens with zero attached hydrogens (tertiary/aromatic N) is 1. The maximum absolute atomic E-state index is 11.8. The van der Waals surface area contributed by atoms with E-state index < -0.39 is 17.1 Å². The first-order valence-corrected chi connectivity index (χ1v) is 7.19. The number of rotatable bonds is 5. The average molecular weight is 314 g/mol. The Morgan fingerprint density at radius 2 is 1.96 bits per heavy atom. The molecule has 23 heavy (non-hydrogen) atoms. The van der Waals surface area contributed by atoms with Gasteiger partial charge in [-0.25, -0.2) is 4.79 Å². The van der Waals surface area contributed by atoms with Crippen LogP contribution in [-0.4, -0.2) is 11.0 Å². The van der Waals surface area contributed by atoms with Crippen LogP contribution < -0.4 is 5.32 Å². The molecule has 0 radical (unpaired) electrons. The largest absolute Gasteiger partial charge is 0.445 e. The Morgan fingerprint density at radius 3 is 2.61 bits per heavy atom. The lowest BCUT2D eigenvalue weighted by Crippen LogP contribution is -2.27. The minimum absolute atomic E-state index is 0.0359. The van der Waals surface area contributed by atoms with Crippen LogP contribution in [0.4, 0.5) is 10.5 Å². The van der Waals surface area contributed by atoms with Gasteiger partial charge in [-0.3, -0.25) is 10.1 Å². The predicted octanol–water partition coefficient (Wildman–Crippen LogP) is 3.89. The number of alkyl carbamates (subject to hydrolysis) is 1. The number of nitro groups is 1. The molecule has 0 fully saturated rings. The van der Waals surface area contributed by atoms with Crippen molar-refractivity contribution in [3.63, 3.8) is 0 Å². The highest BCUT2D eigenvalue weighted by atomic mass is 16.6. The van der Waals surface area contributed by atoms with Crippen LogP contribution in [0.15, 0.2) is 48.5 Å². The van der Waals surface area contributed by atoms with Crippen LogP contribution in [0.2, 0.25) is 0 Å². The Balaban J connectivity index is 1.96. The summed E-state index contributed by atoms with van der Waals surface area (Å²) in [5, 5.41) is 13.6. The van der Waals surface area contributed by atoms with Crippen molar-refractivity contribution in [3.05, 3.63) is 75.3 Å². The Bertz CT molecular complexity index is 701. The lowest BCUT2D eigenvalue weighted by molar-refractivity contribution is -0.385. The van der Waals surface area contributed by atoms with Crippen molar-refractivity contribution in [1.29, 1.82) is 0 Å². The van der Waals surface area contributed by atoms with Gasteiger partial charge in [-0.1, -0.05) is 42.5 Å². The summed E-state index contributed by atoms with van der Waals surface area (Å²) in [7, 11) is 0. The lowest BCUT2D eigenvalue weighted by Gasteiger charge is -2.14. The Kier molecular flexibility index (Phi) is 5.30. The van der Waals surface area contributed by atoms with Crippen LogP contribution >= 0.6 is 0 Å². The van der Waals surface area contributed by atoms with E-state index >= 15 is 0 Å². The minimum atomic E-state index is -0.565. The SMILES string of the molecule is Cc1ccc([C@@H](C)NC(=O)OCc2ccccc2)cc1[N+](=O)[O-]. The molecule has 1 N–H and O–H groups in total. The zero-order chi connectivity index (χ0) is 16.8. The van der Waals surface area contributed by atoms with Crippen LogP contribution in [0.1, 0.15) is 29.7 Å². The molecular formula is C17H18N2O4. The van der Waals surface area contributed by atoms with E-state index in [2.05, 4.69) is 5.32 Å². The molecule has 0 aromatic heterocycles. The highest BCUT2D eigenvalue weighted by molar-refractivity contribution is 5.68. The van der Waals surface area contributed by atoms with E-state index in [0.717, 1.165) is 5.56 Å². The monoisotopic (exact) mass is 314 g/mol. The normalized spacial score (nSPS) is 11.6. The van der Waals surface area contributed by atoms with Crippen LogP contribution in [0, 0.1) is 17.0 Å². The summed E-state index contributed by atoms with van der Waals surface area (Å²) in [4.78, 5) is 22.4. The fourth-order valence-corrected chi connectivity index (χ4v) is 2.12. The molecule has 0 saturated carbocycles. The highest BCUT2D eigenvalue weighted by Gasteiger charge is 2.16. The Labute approximate surface area is 134 Å². The lowest BCUT2D eigenvalue weighted by atomic mass is 10.1. The summed E-state index contributed by atoms with van der Waals surface area (Å²) in [5.74, 6) is 0. The fraction of sp³-hybridized carbons (Fsp3) is 0.235. The number of nitrogens with one attached hydrogen (secondary N) is 1. The molecule has 0 aliphatic heterocycles. The van der Waals surface area contributed by atoms with Gasteiger partial charge >= 0.3 is 6.09 Å². The second-order valence-electron chi connectivity index (χ2n) is 5.23. The van der Waals surface area contributed by atoms with Gasteiger partial charge < -0.3 is 10.1 Å². The topological polar surface area (TPSA) is 81.5 Å². The number of amides is 1. The predicted molar refractivity (Wildman–Crippen MR) is 86.0 cm³/mol. The van der Waals surface area contributed by atoms with E-state index in [1.165, 1.54) is 6.07 Å². The molecule has 6 nitrogen and oxygen atoms in total. The van der Waals surface area contributed by atoms with Gasteiger partial charge in [0.15, 0.2) is 0 Å². The number of nitro benzene ring substituents is 1. The molecule has 0 heterocycles. The maximum atomic E-state index is 11.8. The molecular weight excluding hydrogens is 296 g/mol. The van der Waals surface area contributed by atoms with Crippen molar-refractivity contribution in [1.82, 2.24) is 5.32 Å². The molecule has 1 amide bonds. The van der Waals surface area contributed by atoms with Crippen LogP contribution in [0.25, 0.3) is 0 Å². The number of hydrogen-bond acceptors (Lipinski definition) is 4. The van der Waals surface area contributed by atoms with Gasteiger partial charge in [-0.2, -0.15) is 0 Å². The quantitative estimate of drug-likeness (QED) is 0.670. The molecule has 0 unspecified atom stereocenters. The van der Waals surface area contributed by atoms with Gasteiger partial charge in [0.1, 0.15) is 6.61 Å². The number of benzene rings is 2. The van der Waals surface area contributed by atoms with Crippen molar-refractivity contribution in [2.75, 3.05) is 0 Å². The molecule has 1 atom stereocenters. The van der Waals surface area contributed by atoms with Gasteiger partial charge in [0, 0.05) is 11.6 Å². The second-order valence-corrected chi connectivity index (χ2v) is 5.23. The molecule has 2 rings (SSSR count). The standard InChI is InChI=1S/C17H18N2O4/c1-12-8-9-15(10-16(12)19(21)22)13(2)18-17(20)23-11-14-6-4-3-5-7-14/h3-10,13H,11H2,1-2H3,(H,18,20)/t13-/m1/s1. The van der Waals surface area contributed by atoms with Crippen molar-refractivity contribution < 1.29 is 14.5 Å². The van der Waals surface area contributed by atoms with E-state index in [9.17, 15) is 14.9 Å². The first-order chi connectivity index (χ1) is 11.0. The van der Waals surface area contributed by atoms with E-state index in [1.54, 1.807) is 26.0 Å². The number of hydrogen-bond donors (Lipinski definition) is 1. The van der Waals surface area contributed by atoms with Crippen LogP contribution in [-0.2, 0) is 11.3 Å². The summed E-state index contributed by atoms with van der Waals surface area (Å²) >= 11 is 0. The minimum Gasteiger partial charge on any atom is -0.445 e. The van der Waals surface area contributed by atoms with E-state index in [4.69, 9.17) is 4.74 Å². The van der Waals surface area contributed by atoms with Gasteiger partial charge in [0.2, 0.25) is 0 Å². The molecule has 0 bridgehead atoms. The molecule has 120 valence electrons. The number of carbonyl (C=O) groups excluding carboxylic acids is 1. The van der Waals surface area contributed by atoms with Gasteiger partial charge in [0.25, 0.3) is 5.69 Å². The summed E-state index contributed by atoms with van der Waals surface area (Å²) in [6.45, 7) is 3.60. The van der Waals surface area contributed by atoms with Gasteiger partial charge in [0.05, 0.1) is 11.0 Å². The third kappa shape index (κ3) is 4.54. The summed E-state index contributed by atoms with van der Waals surface area (Å²) in [6.07, 6.45) is -0.565. The van der Waals surface area contributed by atoms with Crippen molar-refractivity contribution >= 4 is 11.8 Å². The molecule has 0 saturated heterocycles. The zero-order valence-corrected chi connectivity index (χ0v) is 13.0. The molecule has 0 aliphatic rings. The highest BCUT2D eigenvalue weighted by Crippen LogP contribution is 2.23. The molecule has 2 aromatic rings. The Hall–Kier alpha value is -2.89. The van der Waals surface area contributed by atoms with E-state index in [0.29, 0.717) is 11.1 Å². The third-order valence-electron chi connectivity index (χ3n) is 3.48. The number of ether oxygens (including phenoxy) is 1. The second kappa shape index (κ2) is 7.40. The third-order valence-corrected chi connectivity index (χ3v) is 3.48. The average Bonchev–Trinajstić information content (AvgIpc) is 2.54. The summed E-state index contributed by atoms with van der Waals surface area (Å²) in [5.41, 5.74) is 2.16. The van der Waals surface area contributed by atoms with Crippen molar-refractivity contribution in [3.8, 4) is 0 Å². The molecule has 6 heteroatoms. The van der Waals surface area contributed by atoms with E-state index in [-0.39, 0.29) is 12.3 Å². The van der Waals surface area contributed by atoms with Crippen LogP contribution in [0.5, 0.6) is 0 Å². The van der Waals surface area contributed by atoms with Crippen LogP contribution in [0.3, 0.4) is 0 Å².